The first-order chi connectivity index (χ1) is 4.56. The van der Waals surface area contributed by atoms with E-state index >= 15 is 0 Å². The molecule has 2 heteroatoms. The van der Waals surface area contributed by atoms with Gasteiger partial charge in [0, 0.05) is 6.61 Å². The lowest BCUT2D eigenvalue weighted by atomic mass is 10.5. The minimum absolute atomic E-state index is 0.886. The molecule has 0 atom stereocenters. The Labute approximate surface area is 64.4 Å². The van der Waals surface area contributed by atoms with Crippen molar-refractivity contribution in [2.45, 2.75) is 13.3 Å². The Morgan fingerprint density at radius 2 is 1.70 bits per heavy atom. The topological polar surface area (TPSA) is 9.23 Å². The van der Waals surface area contributed by atoms with Crippen molar-refractivity contribution in [2.75, 3.05) is 40.9 Å². The van der Waals surface area contributed by atoms with Crippen molar-refractivity contribution in [2.24, 2.45) is 0 Å². The fourth-order valence-corrected chi connectivity index (χ4v) is 0.585. The maximum absolute atomic E-state index is 5.34. The van der Waals surface area contributed by atoms with Gasteiger partial charge in [-0.05, 0) is 6.42 Å². The molecule has 10 heavy (non-hydrogen) atoms. The molecule has 0 aromatic heterocycles. The molecule has 2 nitrogen and oxygen atoms in total. The smallest absolute Gasteiger partial charge is 0.102 e. The summed E-state index contributed by atoms with van der Waals surface area (Å²) in [6.45, 7) is 5.02. The van der Waals surface area contributed by atoms with Crippen LogP contribution in [0, 0.1) is 0 Å². The molecule has 62 valence electrons. The van der Waals surface area contributed by atoms with Gasteiger partial charge in [0.2, 0.25) is 0 Å². The Morgan fingerprint density at radius 3 is 2.10 bits per heavy atom. The Morgan fingerprint density at radius 1 is 1.10 bits per heavy atom. The summed E-state index contributed by atoms with van der Waals surface area (Å²) in [6.07, 6.45) is 1.12. The zero-order chi connectivity index (χ0) is 8.04. The predicted molar refractivity (Wildman–Crippen MR) is 44.0 cm³/mol. The summed E-state index contributed by atoms with van der Waals surface area (Å²) in [5, 5.41) is 0. The van der Waals surface area contributed by atoms with E-state index in [-0.39, 0.29) is 0 Å². The van der Waals surface area contributed by atoms with Gasteiger partial charge in [-0.2, -0.15) is 0 Å². The van der Waals surface area contributed by atoms with E-state index in [2.05, 4.69) is 28.1 Å². The largest absolute Gasteiger partial charge is 0.376 e. The second-order valence-corrected chi connectivity index (χ2v) is 3.63. The number of likely N-dealkylation sites (N-methyl/N-ethyl adjacent to an activating group) is 1. The predicted octanol–water partition coefficient (Wildman–Crippen LogP) is 1.12. The van der Waals surface area contributed by atoms with Crippen LogP contribution in [0.1, 0.15) is 13.3 Å². The van der Waals surface area contributed by atoms with Crippen LogP contribution in [-0.4, -0.2) is 45.4 Å². The van der Waals surface area contributed by atoms with Crippen molar-refractivity contribution in [1.82, 2.24) is 0 Å². The monoisotopic (exact) mass is 146 g/mol. The molecule has 0 aromatic rings. The maximum atomic E-state index is 5.34. The van der Waals surface area contributed by atoms with Gasteiger partial charge < -0.3 is 9.22 Å². The summed E-state index contributed by atoms with van der Waals surface area (Å²) >= 11 is 0. The summed E-state index contributed by atoms with van der Waals surface area (Å²) in [4.78, 5) is 0. The third-order valence-electron chi connectivity index (χ3n) is 1.25. The minimum atomic E-state index is 0.886. The van der Waals surface area contributed by atoms with Crippen LogP contribution in [0.15, 0.2) is 0 Å². The molecule has 0 spiro atoms. The lowest BCUT2D eigenvalue weighted by molar-refractivity contribution is -0.870. The molecule has 0 aliphatic carbocycles. The van der Waals surface area contributed by atoms with E-state index < -0.39 is 0 Å². The maximum Gasteiger partial charge on any atom is 0.102 e. The van der Waals surface area contributed by atoms with Gasteiger partial charge in [-0.3, -0.25) is 0 Å². The highest BCUT2D eigenvalue weighted by molar-refractivity contribution is 4.29. The van der Waals surface area contributed by atoms with Crippen LogP contribution >= 0.6 is 0 Å². The average molecular weight is 146 g/mol. The molecule has 0 aromatic carbocycles. The van der Waals surface area contributed by atoms with Crippen LogP contribution in [0.4, 0.5) is 0 Å². The van der Waals surface area contributed by atoms with Crippen molar-refractivity contribution < 1.29 is 9.22 Å². The van der Waals surface area contributed by atoms with E-state index in [1.165, 1.54) is 0 Å². The molecule has 0 aliphatic heterocycles. The highest BCUT2D eigenvalue weighted by Gasteiger charge is 2.04. The van der Waals surface area contributed by atoms with Crippen molar-refractivity contribution >= 4 is 0 Å². The van der Waals surface area contributed by atoms with Crippen LogP contribution < -0.4 is 0 Å². The van der Waals surface area contributed by atoms with Crippen molar-refractivity contribution in [3.63, 3.8) is 0 Å². The van der Waals surface area contributed by atoms with Crippen LogP contribution in [0.3, 0.4) is 0 Å². The molecule has 0 saturated heterocycles. The zero-order valence-electron chi connectivity index (χ0n) is 7.68. The van der Waals surface area contributed by atoms with Crippen molar-refractivity contribution in [3.8, 4) is 0 Å². The third kappa shape index (κ3) is 7.92. The Bertz CT molecular complexity index is 75.8. The third-order valence-corrected chi connectivity index (χ3v) is 1.25. The van der Waals surface area contributed by atoms with Gasteiger partial charge in [0.15, 0.2) is 0 Å². The van der Waals surface area contributed by atoms with Crippen molar-refractivity contribution in [3.05, 3.63) is 0 Å². The molecule has 0 heterocycles. The SMILES string of the molecule is CCCOCC[N+](C)(C)C. The standard InChI is InChI=1S/C8H20NO/c1-5-7-10-8-6-9(2,3)4/h5-8H2,1-4H3/q+1. The fraction of sp³-hybridized carbons (Fsp3) is 1.00. The van der Waals surface area contributed by atoms with Gasteiger partial charge in [0.1, 0.15) is 6.54 Å². The molecule has 0 radical (unpaired) electrons. The first-order valence-corrected chi connectivity index (χ1v) is 3.94. The first-order valence-electron chi connectivity index (χ1n) is 3.94. The van der Waals surface area contributed by atoms with Crippen LogP contribution in [0.2, 0.25) is 0 Å². The first kappa shape index (κ1) is 9.92. The molecule has 0 aliphatic rings. The highest BCUT2D eigenvalue weighted by Crippen LogP contribution is 1.89. The molecule has 0 amide bonds. The summed E-state index contributed by atoms with van der Waals surface area (Å²) in [5.41, 5.74) is 0. The highest BCUT2D eigenvalue weighted by atomic mass is 16.5. The Balaban J connectivity index is 3.04. The van der Waals surface area contributed by atoms with Gasteiger partial charge in [0.05, 0.1) is 27.7 Å². The number of hydrogen-bond donors (Lipinski definition) is 0. The molecular weight excluding hydrogens is 126 g/mol. The molecule has 0 saturated carbocycles. The van der Waals surface area contributed by atoms with Gasteiger partial charge in [0.25, 0.3) is 0 Å². The van der Waals surface area contributed by atoms with E-state index in [1.54, 1.807) is 0 Å². The molecule has 0 bridgehead atoms. The van der Waals surface area contributed by atoms with Gasteiger partial charge >= 0.3 is 0 Å². The fourth-order valence-electron chi connectivity index (χ4n) is 0.585. The van der Waals surface area contributed by atoms with E-state index in [0.29, 0.717) is 0 Å². The Kier molecular flexibility index (Phi) is 4.65. The van der Waals surface area contributed by atoms with E-state index in [1.807, 2.05) is 0 Å². The molecular formula is C8H20NO+. The lowest BCUT2D eigenvalue weighted by Crippen LogP contribution is -2.37. The van der Waals surface area contributed by atoms with E-state index in [9.17, 15) is 0 Å². The lowest BCUT2D eigenvalue weighted by Gasteiger charge is -2.23. The number of hydrogen-bond acceptors (Lipinski definition) is 1. The van der Waals surface area contributed by atoms with Gasteiger partial charge in [-0.15, -0.1) is 0 Å². The van der Waals surface area contributed by atoms with Crippen LogP contribution in [0.5, 0.6) is 0 Å². The van der Waals surface area contributed by atoms with Gasteiger partial charge in [-0.25, -0.2) is 0 Å². The van der Waals surface area contributed by atoms with Crippen LogP contribution in [0.25, 0.3) is 0 Å². The summed E-state index contributed by atoms with van der Waals surface area (Å²) in [5.74, 6) is 0. The Hall–Kier alpha value is -0.0800. The molecule has 0 rings (SSSR count). The second kappa shape index (κ2) is 4.69. The average Bonchev–Trinajstić information content (AvgIpc) is 1.78. The quantitative estimate of drug-likeness (QED) is 0.417. The zero-order valence-corrected chi connectivity index (χ0v) is 7.68. The summed E-state index contributed by atoms with van der Waals surface area (Å²) in [6, 6.07) is 0. The number of ether oxygens (including phenoxy) is 1. The molecule has 0 N–H and O–H groups in total. The normalized spacial score (nSPS) is 12.0. The second-order valence-electron chi connectivity index (χ2n) is 3.63. The molecule has 0 unspecified atom stereocenters. The van der Waals surface area contributed by atoms with Crippen LogP contribution in [-0.2, 0) is 4.74 Å². The molecule has 0 fully saturated rings. The van der Waals surface area contributed by atoms with E-state index in [4.69, 9.17) is 4.74 Å². The minimum Gasteiger partial charge on any atom is -0.376 e. The van der Waals surface area contributed by atoms with E-state index in [0.717, 1.165) is 30.7 Å². The van der Waals surface area contributed by atoms with Crippen molar-refractivity contribution in [1.29, 1.82) is 0 Å². The van der Waals surface area contributed by atoms with Gasteiger partial charge in [-0.1, -0.05) is 6.92 Å². The number of nitrogens with zero attached hydrogens (tertiary/aromatic N) is 1. The number of quaternary nitrogens is 1. The summed E-state index contributed by atoms with van der Waals surface area (Å²) < 4.78 is 6.33. The summed E-state index contributed by atoms with van der Waals surface area (Å²) in [7, 11) is 6.53. The number of rotatable bonds is 5.